The van der Waals surface area contributed by atoms with E-state index in [1.54, 1.807) is 0 Å². The molecule has 0 saturated heterocycles. The zero-order chi connectivity index (χ0) is 16.3. The van der Waals surface area contributed by atoms with Crippen LogP contribution in [0.15, 0.2) is 36.4 Å². The van der Waals surface area contributed by atoms with Crippen LogP contribution in [0.5, 0.6) is 0 Å². The van der Waals surface area contributed by atoms with Gasteiger partial charge in [-0.2, -0.15) is 0 Å². The van der Waals surface area contributed by atoms with Crippen molar-refractivity contribution >= 4 is 35.0 Å². The molecule has 2 aromatic carbocycles. The summed E-state index contributed by atoms with van der Waals surface area (Å²) in [6.45, 7) is 0. The molecule has 0 aromatic heterocycles. The number of carbonyl (C=O) groups is 2. The van der Waals surface area contributed by atoms with Gasteiger partial charge in [-0.05, 0) is 36.4 Å². The van der Waals surface area contributed by atoms with Crippen molar-refractivity contribution in [1.82, 2.24) is 10.9 Å². The van der Waals surface area contributed by atoms with Gasteiger partial charge in [-0.25, -0.2) is 8.78 Å². The molecule has 22 heavy (non-hydrogen) atoms. The summed E-state index contributed by atoms with van der Waals surface area (Å²) in [5.74, 6) is -3.89. The van der Waals surface area contributed by atoms with Crippen molar-refractivity contribution in [1.29, 1.82) is 0 Å². The summed E-state index contributed by atoms with van der Waals surface area (Å²) < 4.78 is 26.0. The Hall–Kier alpha value is -2.18. The molecule has 0 unspecified atom stereocenters. The fourth-order valence-corrected chi connectivity index (χ4v) is 1.91. The Labute approximate surface area is 134 Å². The second-order valence-electron chi connectivity index (χ2n) is 4.16. The van der Waals surface area contributed by atoms with E-state index in [1.807, 2.05) is 0 Å². The molecule has 2 N–H and O–H groups in total. The Morgan fingerprint density at radius 3 is 2.05 bits per heavy atom. The molecule has 0 radical (unpaired) electrons. The number of rotatable bonds is 2. The van der Waals surface area contributed by atoms with Crippen LogP contribution in [-0.2, 0) is 0 Å². The summed E-state index contributed by atoms with van der Waals surface area (Å²) in [5, 5.41) is 0.172. The summed E-state index contributed by atoms with van der Waals surface area (Å²) in [6.07, 6.45) is 0. The number of hydrogen-bond acceptors (Lipinski definition) is 2. The van der Waals surface area contributed by atoms with Crippen LogP contribution in [0.4, 0.5) is 8.78 Å². The van der Waals surface area contributed by atoms with Gasteiger partial charge in [0.2, 0.25) is 0 Å². The van der Waals surface area contributed by atoms with Crippen molar-refractivity contribution in [3.63, 3.8) is 0 Å². The topological polar surface area (TPSA) is 58.2 Å². The molecule has 0 aliphatic rings. The first-order chi connectivity index (χ1) is 10.4. The number of halogens is 4. The van der Waals surface area contributed by atoms with Gasteiger partial charge < -0.3 is 0 Å². The van der Waals surface area contributed by atoms with Crippen LogP contribution in [0.3, 0.4) is 0 Å². The second-order valence-corrected chi connectivity index (χ2v) is 5.00. The van der Waals surface area contributed by atoms with Crippen LogP contribution >= 0.6 is 23.2 Å². The average Bonchev–Trinajstić information content (AvgIpc) is 2.49. The molecule has 2 amide bonds. The number of carbonyl (C=O) groups excluding carboxylic acids is 2. The van der Waals surface area contributed by atoms with E-state index in [-0.39, 0.29) is 16.1 Å². The molecule has 0 saturated carbocycles. The van der Waals surface area contributed by atoms with Crippen LogP contribution in [0.1, 0.15) is 20.7 Å². The Bertz CT molecular complexity index is 736. The maximum atomic E-state index is 13.1. The average molecular weight is 345 g/mol. The van der Waals surface area contributed by atoms with E-state index in [2.05, 4.69) is 10.9 Å². The smallest absolute Gasteiger partial charge is 0.267 e. The minimum absolute atomic E-state index is 0.251. The van der Waals surface area contributed by atoms with Crippen LogP contribution < -0.4 is 10.9 Å². The highest BCUT2D eigenvalue weighted by atomic mass is 35.5. The summed E-state index contributed by atoms with van der Waals surface area (Å²) >= 11 is 11.3. The number of amides is 2. The van der Waals surface area contributed by atoms with Crippen LogP contribution in [0.25, 0.3) is 0 Å². The lowest BCUT2D eigenvalue weighted by Gasteiger charge is -2.09. The van der Waals surface area contributed by atoms with Crippen molar-refractivity contribution in [2.24, 2.45) is 0 Å². The summed E-state index contributed by atoms with van der Waals surface area (Å²) in [4.78, 5) is 23.6. The van der Waals surface area contributed by atoms with Gasteiger partial charge in [0.1, 0.15) is 0 Å². The molecule has 4 nitrogen and oxygen atoms in total. The van der Waals surface area contributed by atoms with Gasteiger partial charge in [0.25, 0.3) is 11.8 Å². The maximum Gasteiger partial charge on any atom is 0.271 e. The highest BCUT2D eigenvalue weighted by Crippen LogP contribution is 2.19. The van der Waals surface area contributed by atoms with Gasteiger partial charge in [-0.15, -0.1) is 0 Å². The van der Waals surface area contributed by atoms with E-state index < -0.39 is 23.4 Å². The molecule has 2 rings (SSSR count). The molecule has 0 atom stereocenters. The van der Waals surface area contributed by atoms with Crippen LogP contribution in [-0.4, -0.2) is 11.8 Å². The Morgan fingerprint density at radius 1 is 0.864 bits per heavy atom. The van der Waals surface area contributed by atoms with E-state index in [4.69, 9.17) is 23.2 Å². The fraction of sp³-hybridized carbons (Fsp3) is 0. The van der Waals surface area contributed by atoms with Crippen LogP contribution in [0.2, 0.25) is 10.0 Å². The van der Waals surface area contributed by atoms with Gasteiger partial charge in [0, 0.05) is 10.6 Å². The number of hydrazine groups is 1. The second kappa shape index (κ2) is 6.72. The zero-order valence-electron chi connectivity index (χ0n) is 10.8. The Morgan fingerprint density at radius 2 is 1.41 bits per heavy atom. The van der Waals surface area contributed by atoms with Gasteiger partial charge in [-0.1, -0.05) is 23.2 Å². The molecule has 114 valence electrons. The van der Waals surface area contributed by atoms with Crippen molar-refractivity contribution in [2.45, 2.75) is 0 Å². The van der Waals surface area contributed by atoms with Gasteiger partial charge in [0.05, 0.1) is 10.6 Å². The van der Waals surface area contributed by atoms with Crippen molar-refractivity contribution in [3.8, 4) is 0 Å². The minimum Gasteiger partial charge on any atom is -0.267 e. The molecule has 0 heterocycles. The third kappa shape index (κ3) is 3.72. The van der Waals surface area contributed by atoms with E-state index in [9.17, 15) is 18.4 Å². The largest absolute Gasteiger partial charge is 0.271 e. The Balaban J connectivity index is 2.05. The summed E-state index contributed by atoms with van der Waals surface area (Å²) in [6, 6.07) is 7.23. The Kier molecular flexibility index (Phi) is 4.95. The highest BCUT2D eigenvalue weighted by Gasteiger charge is 2.16. The lowest BCUT2D eigenvalue weighted by molar-refractivity contribution is 0.0846. The lowest BCUT2D eigenvalue weighted by Crippen LogP contribution is -2.41. The van der Waals surface area contributed by atoms with E-state index in [0.29, 0.717) is 17.2 Å². The van der Waals surface area contributed by atoms with Crippen molar-refractivity contribution < 1.29 is 18.4 Å². The van der Waals surface area contributed by atoms with E-state index >= 15 is 0 Å². The first-order valence-electron chi connectivity index (χ1n) is 5.89. The normalized spacial score (nSPS) is 10.2. The summed E-state index contributed by atoms with van der Waals surface area (Å²) in [7, 11) is 0. The predicted octanol–water partition coefficient (Wildman–Crippen LogP) is 3.35. The SMILES string of the molecule is O=C(NNC(=O)c1cc(F)c(F)cc1Cl)c1ccc(Cl)cc1. The van der Waals surface area contributed by atoms with Gasteiger partial charge in [-0.3, -0.25) is 20.4 Å². The quantitative estimate of drug-likeness (QED) is 0.648. The molecule has 0 spiro atoms. The number of benzene rings is 2. The molecular formula is C14H8Cl2F2N2O2. The van der Waals surface area contributed by atoms with Crippen molar-refractivity contribution in [2.75, 3.05) is 0 Å². The predicted molar refractivity (Wildman–Crippen MR) is 77.8 cm³/mol. The third-order valence-corrected chi connectivity index (χ3v) is 3.22. The number of nitrogens with one attached hydrogen (secondary N) is 2. The van der Waals surface area contributed by atoms with Gasteiger partial charge in [0.15, 0.2) is 11.6 Å². The van der Waals surface area contributed by atoms with Crippen LogP contribution in [0, 0.1) is 11.6 Å². The molecule has 2 aromatic rings. The third-order valence-electron chi connectivity index (χ3n) is 2.65. The van der Waals surface area contributed by atoms with Crippen molar-refractivity contribution in [3.05, 3.63) is 69.2 Å². The molecular weight excluding hydrogens is 337 g/mol. The fourth-order valence-electron chi connectivity index (χ4n) is 1.55. The lowest BCUT2D eigenvalue weighted by atomic mass is 10.2. The molecule has 0 aliphatic carbocycles. The first-order valence-corrected chi connectivity index (χ1v) is 6.65. The molecule has 0 bridgehead atoms. The maximum absolute atomic E-state index is 13.1. The molecule has 0 aliphatic heterocycles. The molecule has 8 heteroatoms. The van der Waals surface area contributed by atoms with Gasteiger partial charge >= 0.3 is 0 Å². The minimum atomic E-state index is -1.22. The first kappa shape index (κ1) is 16.2. The molecule has 0 fully saturated rings. The van der Waals surface area contributed by atoms with E-state index in [1.165, 1.54) is 24.3 Å². The van der Waals surface area contributed by atoms with E-state index in [0.717, 1.165) is 0 Å². The highest BCUT2D eigenvalue weighted by molar-refractivity contribution is 6.33. The standard InChI is InChI=1S/C14H8Cl2F2N2O2/c15-8-3-1-7(2-4-8)13(21)19-20-14(22)9-5-11(17)12(18)6-10(9)16/h1-6H,(H,19,21)(H,20,22). The zero-order valence-corrected chi connectivity index (χ0v) is 12.3. The summed E-state index contributed by atoms with van der Waals surface area (Å²) in [5.41, 5.74) is 4.12. The monoisotopic (exact) mass is 344 g/mol. The number of hydrogen-bond donors (Lipinski definition) is 2.